The molecule has 14 nitrogen and oxygen atoms in total. The van der Waals surface area contributed by atoms with Gasteiger partial charge >= 0.3 is 0 Å². The van der Waals surface area contributed by atoms with Crippen LogP contribution in [0.15, 0.2) is 60.2 Å². The molecule has 1 fully saturated rings. The minimum atomic E-state index is -0.839. The minimum Gasteiger partial charge on any atom is -0.507 e. The van der Waals surface area contributed by atoms with E-state index in [0.717, 1.165) is 0 Å². The summed E-state index contributed by atoms with van der Waals surface area (Å²) in [5.74, 6) is 5.00. The number of hydrogen-bond donors (Lipinski definition) is 3. The van der Waals surface area contributed by atoms with E-state index in [0.29, 0.717) is 54.5 Å². The number of aromatic nitrogens is 6. The number of benzene rings is 1. The lowest BCUT2D eigenvalue weighted by molar-refractivity contribution is -0.116. The molecule has 2 amide bonds. The first-order valence-electron chi connectivity index (χ1n) is 14.1. The number of carbonyl (C=O) groups excluding carboxylic acids is 2. The molecular weight excluding hydrogens is 614 g/mol. The molecule has 0 saturated carbocycles. The zero-order valence-electron chi connectivity index (χ0n) is 24.6. The highest BCUT2D eigenvalue weighted by Gasteiger charge is 2.21. The number of nitrogens with two attached hydrogens (primary N) is 1. The minimum absolute atomic E-state index is 0.0376. The maximum absolute atomic E-state index is 13.8. The average molecular weight is 642 g/mol. The Morgan fingerprint density at radius 1 is 1.13 bits per heavy atom. The molecule has 0 bridgehead atoms. The van der Waals surface area contributed by atoms with Gasteiger partial charge in [0.2, 0.25) is 5.91 Å². The third kappa shape index (κ3) is 6.27. The average Bonchev–Trinajstić information content (AvgIpc) is 3.63. The topological polar surface area (TPSA) is 175 Å². The molecule has 5 heterocycles. The first-order chi connectivity index (χ1) is 22.2. The van der Waals surface area contributed by atoms with Gasteiger partial charge in [-0.2, -0.15) is 5.10 Å². The molecule has 0 unspecified atom stereocenters. The van der Waals surface area contributed by atoms with Crippen molar-refractivity contribution < 1.29 is 19.4 Å². The van der Waals surface area contributed by atoms with E-state index in [2.05, 4.69) is 32.2 Å². The number of primary amides is 1. The number of pyridine rings is 1. The molecule has 0 spiro atoms. The summed E-state index contributed by atoms with van der Waals surface area (Å²) in [6, 6.07) is 5.96. The van der Waals surface area contributed by atoms with Crippen molar-refractivity contribution in [3.8, 4) is 28.7 Å². The van der Waals surface area contributed by atoms with E-state index in [4.69, 9.17) is 22.1 Å². The van der Waals surface area contributed by atoms with Crippen molar-refractivity contribution in [1.29, 1.82) is 0 Å². The van der Waals surface area contributed by atoms with Crippen molar-refractivity contribution >= 4 is 46.0 Å². The highest BCUT2D eigenvalue weighted by Crippen LogP contribution is 2.31. The molecule has 1 aliphatic heterocycles. The van der Waals surface area contributed by atoms with Gasteiger partial charge in [-0.15, -0.1) is 0 Å². The molecule has 1 aliphatic rings. The lowest BCUT2D eigenvalue weighted by Gasteiger charge is -2.28. The van der Waals surface area contributed by atoms with Gasteiger partial charge in [0.1, 0.15) is 30.1 Å². The van der Waals surface area contributed by atoms with Crippen LogP contribution in [0.25, 0.3) is 22.2 Å². The van der Waals surface area contributed by atoms with Crippen molar-refractivity contribution in [2.24, 2.45) is 12.8 Å². The number of phenols is 1. The smallest absolute Gasteiger partial charge is 0.264 e. The van der Waals surface area contributed by atoms with Gasteiger partial charge in [0.15, 0.2) is 0 Å². The second-order valence-corrected chi connectivity index (χ2v) is 10.9. The molecule has 6 rings (SSSR count). The van der Waals surface area contributed by atoms with E-state index in [-0.39, 0.29) is 40.5 Å². The van der Waals surface area contributed by atoms with Crippen LogP contribution in [0.5, 0.6) is 5.75 Å². The highest BCUT2D eigenvalue weighted by atomic mass is 35.5. The summed E-state index contributed by atoms with van der Waals surface area (Å²) in [4.78, 5) is 50.1. The second-order valence-electron chi connectivity index (χ2n) is 10.5. The van der Waals surface area contributed by atoms with Gasteiger partial charge in [0, 0.05) is 44.2 Å². The quantitative estimate of drug-likeness (QED) is 0.224. The number of ether oxygens (including phenoxy) is 1. The third-order valence-electron chi connectivity index (χ3n) is 7.37. The summed E-state index contributed by atoms with van der Waals surface area (Å²) in [6.45, 7) is 2.28. The van der Waals surface area contributed by atoms with E-state index >= 15 is 0 Å². The summed E-state index contributed by atoms with van der Waals surface area (Å²) in [5, 5.41) is 17.5. The molecular formula is C31H28ClN9O5. The summed E-state index contributed by atoms with van der Waals surface area (Å²) >= 11 is 6.38. The predicted octanol–water partition coefficient (Wildman–Crippen LogP) is 1.98. The van der Waals surface area contributed by atoms with Crippen LogP contribution in [0.4, 0.5) is 11.5 Å². The lowest BCUT2D eigenvalue weighted by atomic mass is 10.0. The molecule has 15 heteroatoms. The number of nitrogens with one attached hydrogen (secondary N) is 1. The second kappa shape index (κ2) is 12.8. The highest BCUT2D eigenvalue weighted by molar-refractivity contribution is 6.33. The fraction of sp³-hybridized carbons (Fsp3) is 0.226. The van der Waals surface area contributed by atoms with Crippen molar-refractivity contribution in [2.75, 3.05) is 36.5 Å². The number of rotatable bonds is 7. The van der Waals surface area contributed by atoms with Gasteiger partial charge in [0.05, 0.1) is 59.4 Å². The summed E-state index contributed by atoms with van der Waals surface area (Å²) < 4.78 is 9.91. The maximum atomic E-state index is 13.8. The number of anilines is 2. The molecule has 46 heavy (non-hydrogen) atoms. The largest absolute Gasteiger partial charge is 0.507 e. The third-order valence-corrected chi connectivity index (χ3v) is 7.67. The number of nitrogens with zero attached hydrogens (tertiary/aromatic N) is 7. The van der Waals surface area contributed by atoms with Crippen LogP contribution in [0, 0.1) is 11.8 Å². The lowest BCUT2D eigenvalue weighted by Crippen LogP contribution is -2.36. The Kier molecular flexibility index (Phi) is 8.43. The van der Waals surface area contributed by atoms with Crippen molar-refractivity contribution in [1.82, 2.24) is 28.9 Å². The number of morpholine rings is 1. The van der Waals surface area contributed by atoms with Crippen LogP contribution >= 0.6 is 11.6 Å². The van der Waals surface area contributed by atoms with Gasteiger partial charge in [-0.1, -0.05) is 29.5 Å². The van der Waals surface area contributed by atoms with Crippen LogP contribution in [0.2, 0.25) is 5.02 Å². The Hall–Kier alpha value is -5.65. The molecule has 0 atom stereocenters. The number of amides is 2. The fourth-order valence-electron chi connectivity index (χ4n) is 5.11. The summed E-state index contributed by atoms with van der Waals surface area (Å²) in [5.41, 5.74) is 7.04. The number of aromatic hydroxyl groups is 1. The zero-order chi connectivity index (χ0) is 32.4. The van der Waals surface area contributed by atoms with Crippen LogP contribution in [0.1, 0.15) is 15.9 Å². The molecule has 1 aromatic carbocycles. The van der Waals surface area contributed by atoms with E-state index in [1.165, 1.54) is 33.8 Å². The molecule has 1 saturated heterocycles. The molecule has 4 aromatic heterocycles. The van der Waals surface area contributed by atoms with Crippen LogP contribution in [0.3, 0.4) is 0 Å². The van der Waals surface area contributed by atoms with Crippen LogP contribution in [-0.4, -0.2) is 72.1 Å². The SMILES string of the molecule is Cn1cc(C#CCn2cnc3c(c(-c4ccc(O)c(C(N)=O)c4)cn3CC(=O)Nc3cc(N4CCOCC4)ncc3Cl)c2=O)cn1. The first-order valence-corrected chi connectivity index (χ1v) is 14.5. The van der Waals surface area contributed by atoms with Crippen molar-refractivity contribution in [3.05, 3.63) is 81.9 Å². The maximum Gasteiger partial charge on any atom is 0.264 e. The first kappa shape index (κ1) is 30.4. The molecule has 0 aliphatic carbocycles. The van der Waals surface area contributed by atoms with Crippen molar-refractivity contribution in [3.63, 3.8) is 0 Å². The number of fused-ring (bicyclic) bond motifs is 1. The van der Waals surface area contributed by atoms with E-state index in [1.54, 1.807) is 42.5 Å². The van der Waals surface area contributed by atoms with Gasteiger partial charge in [-0.05, 0) is 17.7 Å². The monoisotopic (exact) mass is 641 g/mol. The molecule has 4 N–H and O–H groups in total. The fourth-order valence-corrected chi connectivity index (χ4v) is 5.26. The predicted molar refractivity (Wildman–Crippen MR) is 171 cm³/mol. The number of hydrogen-bond acceptors (Lipinski definition) is 9. The zero-order valence-corrected chi connectivity index (χ0v) is 25.4. The normalized spacial score (nSPS) is 13.0. The number of aryl methyl sites for hydroxylation is 1. The summed E-state index contributed by atoms with van der Waals surface area (Å²) in [7, 11) is 1.78. The Balaban J connectivity index is 1.35. The van der Waals surface area contributed by atoms with E-state index < -0.39 is 17.4 Å². The van der Waals surface area contributed by atoms with Gasteiger partial charge in [-0.25, -0.2) is 9.97 Å². The van der Waals surface area contributed by atoms with E-state index in [9.17, 15) is 19.5 Å². The Morgan fingerprint density at radius 3 is 2.67 bits per heavy atom. The van der Waals surface area contributed by atoms with Crippen LogP contribution < -0.4 is 21.5 Å². The van der Waals surface area contributed by atoms with Gasteiger partial charge in [-0.3, -0.25) is 23.6 Å². The number of carbonyl (C=O) groups is 2. The van der Waals surface area contributed by atoms with Gasteiger partial charge in [0.25, 0.3) is 11.5 Å². The van der Waals surface area contributed by atoms with Crippen molar-refractivity contribution in [2.45, 2.75) is 13.1 Å². The van der Waals surface area contributed by atoms with Crippen LogP contribution in [-0.2, 0) is 29.7 Å². The molecule has 5 aromatic rings. The Morgan fingerprint density at radius 2 is 1.93 bits per heavy atom. The molecule has 0 radical (unpaired) electrons. The Labute approximate surface area is 267 Å². The summed E-state index contributed by atoms with van der Waals surface area (Å²) in [6.07, 6.45) is 7.80. The molecule has 234 valence electrons. The van der Waals surface area contributed by atoms with Gasteiger partial charge < -0.3 is 30.4 Å². The van der Waals surface area contributed by atoms with E-state index in [1.807, 2.05) is 4.90 Å². The Bertz CT molecular complexity index is 2100. The standard InChI is InChI=1S/C31H28ClN9O5/c1-38-15-19(13-36-38)3-2-6-40-18-35-30-28(31(40)45)22(20-4-5-25(42)21(11-20)29(33)44)16-41(30)17-27(43)37-24-12-26(34-14-23(24)32)39-7-9-46-10-8-39/h4-5,11-16,18,42H,6-10,17H2,1H3,(H2,33,44)(H,34,37,43). The number of halogens is 1.